The van der Waals surface area contributed by atoms with Gasteiger partial charge in [0.2, 0.25) is 0 Å². The van der Waals surface area contributed by atoms with Crippen LogP contribution in [0.5, 0.6) is 0 Å². The first-order valence-corrected chi connectivity index (χ1v) is 0. The summed E-state index contributed by atoms with van der Waals surface area (Å²) in [5.74, 6) is 0. The van der Waals surface area contributed by atoms with Gasteiger partial charge in [-0.15, -0.1) is 0 Å². The van der Waals surface area contributed by atoms with Crippen LogP contribution in [0.1, 0.15) is 0 Å². The second kappa shape index (κ2) is 556. The fourth-order valence-electron chi connectivity index (χ4n) is 0. The third kappa shape index (κ3) is 474. The number of hydrogen-bond acceptors (Lipinski definition) is 0. The fourth-order valence-corrected chi connectivity index (χ4v) is 0. The number of hydrogen-bond donors (Lipinski definition) is 0. The van der Waals surface area contributed by atoms with Gasteiger partial charge in [0.1, 0.15) is 0 Å². The van der Waals surface area contributed by atoms with Crippen LogP contribution in [-0.4, -0.2) is 34.7 Å². The molecule has 0 heterocycles. The molecule has 0 saturated carbocycles. The third-order valence-electron chi connectivity index (χ3n) is 0. The minimum atomic E-state index is 0. The van der Waals surface area contributed by atoms with E-state index in [2.05, 4.69) is 0 Å². The Morgan fingerprint density at radius 1 is 0.231 bits per heavy atom. The average Bonchev–Trinajstić information content (AvgIpc) is 0. The first-order valence-electron chi connectivity index (χ1n) is 0. The van der Waals surface area contributed by atoms with Crippen molar-refractivity contribution < 1.29 is 91.4 Å². The Morgan fingerprint density at radius 3 is 0.231 bits per heavy atom. The van der Waals surface area contributed by atoms with Gasteiger partial charge in [0, 0.05) is 0 Å². The average molecular weight is 390 g/mol. The van der Waals surface area contributed by atoms with Crippen LogP contribution in [0.3, 0.4) is 0 Å². The zero-order chi connectivity index (χ0) is 0. The van der Waals surface area contributed by atoms with Gasteiger partial charge in [-0.05, 0) is 0 Å². The molecule has 0 saturated heterocycles. The Morgan fingerprint density at radius 2 is 0.231 bits per heavy atom. The van der Waals surface area contributed by atoms with Gasteiger partial charge < -0.3 is 49.3 Å². The van der Waals surface area contributed by atoms with E-state index in [-0.39, 0.29) is 126 Å². The second-order valence-corrected chi connectivity index (χ2v) is 0. The quantitative estimate of drug-likeness (QED) is 0.413. The van der Waals surface area contributed by atoms with Gasteiger partial charge in [0.25, 0.3) is 0 Å². The molecule has 0 bridgehead atoms. The van der Waals surface area contributed by atoms with Crippen LogP contribution >= 0.6 is 0 Å². The molecule has 13 heteroatoms. The molecular weight excluding hydrogens is 390 g/mol. The molecule has 72 valence electrons. The number of rotatable bonds is 0. The van der Waals surface area contributed by atoms with Gasteiger partial charge in [-0.2, -0.15) is 0 Å². The molecule has 0 rings (SSSR count). The molecule has 0 aromatic carbocycles. The largest absolute Gasteiger partial charge is 6.00 e. The van der Waals surface area contributed by atoms with E-state index in [1.54, 1.807) is 0 Å². The Balaban J connectivity index is 0. The van der Waals surface area contributed by atoms with Crippen molar-refractivity contribution in [2.24, 2.45) is 0 Å². The van der Waals surface area contributed by atoms with E-state index in [1.165, 1.54) is 0 Å². The molecule has 0 aliphatic carbocycles. The minimum Gasteiger partial charge on any atom is -2.00 e. The molecule has 0 aliphatic rings. The van der Waals surface area contributed by atoms with Crippen molar-refractivity contribution in [2.75, 3.05) is 0 Å². The van der Waals surface area contributed by atoms with Crippen LogP contribution in [0, 0.1) is 0 Å². The molecule has 0 aromatic heterocycles. The molecule has 9 nitrogen and oxygen atoms in total. The van der Waals surface area contributed by atoms with Gasteiger partial charge >= 0.3 is 76.9 Å². The van der Waals surface area contributed by atoms with Gasteiger partial charge in [-0.3, -0.25) is 0 Å². The second-order valence-electron chi connectivity index (χ2n) is 0. The SMILES string of the molecule is [Al+3].[Al+3].[Mo+6].[Mo+6].[O-2].[O-2].[O-2].[O-2].[O-2].[O-2].[O-2].[O-2].[O-2]. The molecule has 0 aromatic rings. The third-order valence-corrected chi connectivity index (χ3v) is 0. The summed E-state index contributed by atoms with van der Waals surface area (Å²) < 4.78 is 0. The molecule has 0 fully saturated rings. The van der Waals surface area contributed by atoms with Crippen molar-refractivity contribution >= 4 is 34.7 Å². The summed E-state index contributed by atoms with van der Waals surface area (Å²) in [5, 5.41) is 0. The first kappa shape index (κ1) is 690. The standard InChI is InChI=1S/2Al.2Mo.9O/q2*+3;2*+6;9*-2. The molecule has 13 heavy (non-hydrogen) atoms. The predicted molar refractivity (Wildman–Crippen MR) is 17.7 cm³/mol. The normalized spacial score (nSPS) is 0. The summed E-state index contributed by atoms with van der Waals surface area (Å²) >= 11 is 0. The fraction of sp³-hybridized carbons (Fsp3) is 0. The van der Waals surface area contributed by atoms with Gasteiger partial charge in [0.05, 0.1) is 0 Å². The smallest absolute Gasteiger partial charge is 2.00 e. The summed E-state index contributed by atoms with van der Waals surface area (Å²) in [6, 6.07) is 0. The van der Waals surface area contributed by atoms with Crippen molar-refractivity contribution in [3.63, 3.8) is 0 Å². The first-order chi connectivity index (χ1) is 0. The molecule has 0 N–H and O–H groups in total. The van der Waals surface area contributed by atoms with Crippen LogP contribution in [0.25, 0.3) is 0 Å². The maximum atomic E-state index is 0. The van der Waals surface area contributed by atoms with Crippen LogP contribution in [0.4, 0.5) is 0 Å². The monoisotopic (exact) mass is 394 g/mol. The molecule has 0 aliphatic heterocycles. The van der Waals surface area contributed by atoms with Crippen LogP contribution in [0.2, 0.25) is 0 Å². The van der Waals surface area contributed by atoms with Gasteiger partial charge in [-0.25, -0.2) is 0 Å². The molecule has 0 spiro atoms. The van der Waals surface area contributed by atoms with Gasteiger partial charge in [0.15, 0.2) is 0 Å². The Kier molecular flexibility index (Phi) is 29500. The molecule has 0 unspecified atom stereocenters. The van der Waals surface area contributed by atoms with E-state index >= 15 is 0 Å². The summed E-state index contributed by atoms with van der Waals surface area (Å²) in [6.07, 6.45) is 0. The summed E-state index contributed by atoms with van der Waals surface area (Å²) in [7, 11) is 0. The summed E-state index contributed by atoms with van der Waals surface area (Å²) in [5.41, 5.74) is 0. The van der Waals surface area contributed by atoms with Crippen LogP contribution < -0.4 is 0 Å². The summed E-state index contributed by atoms with van der Waals surface area (Å²) in [4.78, 5) is 0. The van der Waals surface area contributed by atoms with E-state index < -0.39 is 0 Å². The van der Waals surface area contributed by atoms with Crippen molar-refractivity contribution in [3.8, 4) is 0 Å². The molecule has 0 atom stereocenters. The predicted octanol–water partition coefficient (Wildman–Crippen LogP) is -1.84. The summed E-state index contributed by atoms with van der Waals surface area (Å²) in [6.45, 7) is 0. The van der Waals surface area contributed by atoms with E-state index in [0.29, 0.717) is 0 Å². The maximum absolute atomic E-state index is 0. The Labute approximate surface area is 125 Å². The van der Waals surface area contributed by atoms with E-state index in [0.717, 1.165) is 0 Å². The molecule has 0 amide bonds. The maximum Gasteiger partial charge on any atom is 6.00 e. The van der Waals surface area contributed by atoms with E-state index in [9.17, 15) is 0 Å². The van der Waals surface area contributed by atoms with E-state index in [1.807, 2.05) is 0 Å². The van der Waals surface area contributed by atoms with Gasteiger partial charge in [-0.1, -0.05) is 0 Å². The van der Waals surface area contributed by atoms with Crippen molar-refractivity contribution in [1.82, 2.24) is 0 Å². The molecule has 0 radical (unpaired) electrons. The zero-order valence-corrected chi connectivity index (χ0v) is 12.0. The van der Waals surface area contributed by atoms with Crippen molar-refractivity contribution in [1.29, 1.82) is 0 Å². The van der Waals surface area contributed by atoms with Crippen molar-refractivity contribution in [3.05, 3.63) is 0 Å². The van der Waals surface area contributed by atoms with Crippen LogP contribution in [0.15, 0.2) is 0 Å². The topological polar surface area (TPSA) is 256 Å². The Hall–Kier alpha value is 2.08. The minimum absolute atomic E-state index is 0. The molecular formula is Al2Mo2O9. The van der Waals surface area contributed by atoms with E-state index in [4.69, 9.17) is 0 Å². The van der Waals surface area contributed by atoms with Crippen molar-refractivity contribution in [2.45, 2.75) is 0 Å². The van der Waals surface area contributed by atoms with Crippen LogP contribution in [-0.2, 0) is 91.4 Å². The zero-order valence-electron chi connectivity index (χ0n) is 5.65. The Bertz CT molecular complexity index is 15.6.